The molecule has 7 nitrogen and oxygen atoms in total. The molecule has 0 unspecified atom stereocenters. The molecule has 0 saturated carbocycles. The fourth-order valence-corrected chi connectivity index (χ4v) is 4.05. The second kappa shape index (κ2) is 12.0. The Kier molecular flexibility index (Phi) is 10.8. The third-order valence-corrected chi connectivity index (χ3v) is 6.36. The summed E-state index contributed by atoms with van der Waals surface area (Å²) in [5.74, 6) is 1.04. The number of nitrogens with zero attached hydrogens (tertiary/aromatic N) is 3. The molecule has 150 valence electrons. The standard InChI is InChI=1S/C16H29N5O2S2.HI/c1-3-17-16(18-8-6-9-19-25(22,23)4-2)21-12-10-20(11-13-21)15-7-5-14-24-15;/h5,7,14,19H,3-4,6,8-13H2,1-2H3,(H,17,18);1H. The first-order valence-corrected chi connectivity index (χ1v) is 11.4. The van der Waals surface area contributed by atoms with Crippen LogP contribution in [0, 0.1) is 0 Å². The molecular formula is C16H30IN5O2S2. The topological polar surface area (TPSA) is 77.0 Å². The van der Waals surface area contributed by atoms with Gasteiger partial charge in [-0.3, -0.25) is 4.99 Å². The molecule has 2 heterocycles. The molecule has 0 radical (unpaired) electrons. The van der Waals surface area contributed by atoms with Crippen molar-refractivity contribution in [2.45, 2.75) is 20.3 Å². The lowest BCUT2D eigenvalue weighted by atomic mass is 10.3. The third-order valence-electron chi connectivity index (χ3n) is 4.03. The average molecular weight is 515 g/mol. The molecular weight excluding hydrogens is 485 g/mol. The summed E-state index contributed by atoms with van der Waals surface area (Å²) < 4.78 is 25.4. The molecule has 26 heavy (non-hydrogen) atoms. The van der Waals surface area contributed by atoms with Crippen LogP contribution in [0.15, 0.2) is 22.5 Å². The van der Waals surface area contributed by atoms with Gasteiger partial charge < -0.3 is 15.1 Å². The summed E-state index contributed by atoms with van der Waals surface area (Å²) in [6.07, 6.45) is 0.698. The number of rotatable bonds is 8. The monoisotopic (exact) mass is 515 g/mol. The maximum atomic E-state index is 11.4. The summed E-state index contributed by atoms with van der Waals surface area (Å²) in [6.45, 7) is 9.42. The van der Waals surface area contributed by atoms with E-state index in [4.69, 9.17) is 0 Å². The normalized spacial score (nSPS) is 15.7. The number of piperazine rings is 1. The van der Waals surface area contributed by atoms with Crippen LogP contribution in [0.3, 0.4) is 0 Å². The zero-order valence-electron chi connectivity index (χ0n) is 15.5. The van der Waals surface area contributed by atoms with Gasteiger partial charge in [-0.1, -0.05) is 0 Å². The molecule has 0 aliphatic carbocycles. The number of hydrogen-bond acceptors (Lipinski definition) is 5. The van der Waals surface area contributed by atoms with Gasteiger partial charge in [-0.25, -0.2) is 13.1 Å². The Balaban J connectivity index is 0.00000338. The zero-order valence-corrected chi connectivity index (χ0v) is 19.4. The smallest absolute Gasteiger partial charge is 0.211 e. The van der Waals surface area contributed by atoms with Crippen LogP contribution >= 0.6 is 35.3 Å². The molecule has 1 aromatic rings. The molecule has 1 aliphatic heterocycles. The summed E-state index contributed by atoms with van der Waals surface area (Å²) >= 11 is 1.78. The predicted molar refractivity (Wildman–Crippen MR) is 122 cm³/mol. The predicted octanol–water partition coefficient (Wildman–Crippen LogP) is 1.78. The highest BCUT2D eigenvalue weighted by atomic mass is 127. The number of anilines is 1. The van der Waals surface area contributed by atoms with Crippen LogP contribution in [0.25, 0.3) is 0 Å². The third kappa shape index (κ3) is 7.57. The van der Waals surface area contributed by atoms with Crippen molar-refractivity contribution in [1.29, 1.82) is 0 Å². The van der Waals surface area contributed by atoms with Crippen molar-refractivity contribution in [1.82, 2.24) is 14.9 Å². The summed E-state index contributed by atoms with van der Waals surface area (Å²) in [4.78, 5) is 9.34. The quantitative estimate of drug-likeness (QED) is 0.239. The van der Waals surface area contributed by atoms with Crippen molar-refractivity contribution >= 4 is 56.3 Å². The van der Waals surface area contributed by atoms with Crippen molar-refractivity contribution < 1.29 is 8.42 Å². The molecule has 2 rings (SSSR count). The lowest BCUT2D eigenvalue weighted by Gasteiger charge is -2.37. The van der Waals surface area contributed by atoms with Crippen LogP contribution in [0.2, 0.25) is 0 Å². The molecule has 0 spiro atoms. The van der Waals surface area contributed by atoms with Crippen LogP contribution in [0.1, 0.15) is 20.3 Å². The number of sulfonamides is 1. The number of halogens is 1. The summed E-state index contributed by atoms with van der Waals surface area (Å²) in [6, 6.07) is 4.25. The molecule has 1 saturated heterocycles. The Morgan fingerprint density at radius 2 is 2.00 bits per heavy atom. The molecule has 2 N–H and O–H groups in total. The highest BCUT2D eigenvalue weighted by molar-refractivity contribution is 14.0. The fourth-order valence-electron chi connectivity index (χ4n) is 2.61. The van der Waals surface area contributed by atoms with E-state index in [0.717, 1.165) is 38.7 Å². The molecule has 0 atom stereocenters. The first kappa shape index (κ1) is 23.4. The largest absolute Gasteiger partial charge is 0.360 e. The minimum absolute atomic E-state index is 0. The van der Waals surface area contributed by atoms with E-state index < -0.39 is 10.0 Å². The second-order valence-corrected chi connectivity index (χ2v) is 8.83. The van der Waals surface area contributed by atoms with Gasteiger partial charge in [0.1, 0.15) is 0 Å². The molecule has 0 aromatic carbocycles. The molecule has 1 aromatic heterocycles. The fraction of sp³-hybridized carbons (Fsp3) is 0.688. The molecule has 10 heteroatoms. The Hall–Kier alpha value is -0.590. The Bertz CT molecular complexity index is 629. The summed E-state index contributed by atoms with van der Waals surface area (Å²) in [5, 5.41) is 6.78. The van der Waals surface area contributed by atoms with Gasteiger partial charge in [0.2, 0.25) is 10.0 Å². The van der Waals surface area contributed by atoms with Gasteiger partial charge in [0.15, 0.2) is 5.96 Å². The summed E-state index contributed by atoms with van der Waals surface area (Å²) in [5.41, 5.74) is 0. The number of aliphatic imine (C=N–C) groups is 1. The minimum atomic E-state index is -3.11. The van der Waals surface area contributed by atoms with E-state index >= 15 is 0 Å². The van der Waals surface area contributed by atoms with Crippen molar-refractivity contribution in [2.24, 2.45) is 4.99 Å². The maximum Gasteiger partial charge on any atom is 0.211 e. The second-order valence-electron chi connectivity index (χ2n) is 5.81. The van der Waals surface area contributed by atoms with E-state index in [1.54, 1.807) is 18.3 Å². The number of guanidine groups is 1. The van der Waals surface area contributed by atoms with E-state index in [9.17, 15) is 8.42 Å². The van der Waals surface area contributed by atoms with Gasteiger partial charge in [0.25, 0.3) is 0 Å². The summed E-state index contributed by atoms with van der Waals surface area (Å²) in [7, 11) is -3.11. The van der Waals surface area contributed by atoms with Gasteiger partial charge in [0, 0.05) is 45.8 Å². The SMILES string of the molecule is CCNC(=NCCCNS(=O)(=O)CC)N1CCN(c2cccs2)CC1.I. The Labute approximate surface area is 178 Å². The van der Waals surface area contributed by atoms with E-state index in [1.165, 1.54) is 5.00 Å². The van der Waals surface area contributed by atoms with Crippen molar-refractivity contribution in [3.63, 3.8) is 0 Å². The first-order chi connectivity index (χ1) is 12.1. The highest BCUT2D eigenvalue weighted by Gasteiger charge is 2.20. The molecule has 1 fully saturated rings. The Morgan fingerprint density at radius 1 is 1.27 bits per heavy atom. The number of thiophene rings is 1. The molecule has 0 amide bonds. The lowest BCUT2D eigenvalue weighted by molar-refractivity contribution is 0.373. The van der Waals surface area contributed by atoms with Gasteiger partial charge in [-0.15, -0.1) is 35.3 Å². The van der Waals surface area contributed by atoms with E-state index in [1.807, 2.05) is 0 Å². The van der Waals surface area contributed by atoms with Crippen molar-refractivity contribution in [2.75, 3.05) is 56.5 Å². The number of nitrogens with one attached hydrogen (secondary N) is 2. The van der Waals surface area contributed by atoms with Crippen LogP contribution < -0.4 is 14.9 Å². The molecule has 0 bridgehead atoms. The maximum absolute atomic E-state index is 11.4. The van der Waals surface area contributed by atoms with Crippen molar-refractivity contribution in [3.8, 4) is 0 Å². The van der Waals surface area contributed by atoms with E-state index in [-0.39, 0.29) is 29.7 Å². The minimum Gasteiger partial charge on any atom is -0.360 e. The van der Waals surface area contributed by atoms with Gasteiger partial charge in [-0.05, 0) is 37.8 Å². The van der Waals surface area contributed by atoms with Crippen LogP contribution in [0.5, 0.6) is 0 Å². The van der Waals surface area contributed by atoms with Gasteiger partial charge >= 0.3 is 0 Å². The first-order valence-electron chi connectivity index (χ1n) is 8.84. The average Bonchev–Trinajstić information content (AvgIpc) is 3.15. The van der Waals surface area contributed by atoms with E-state index in [2.05, 4.69) is 49.3 Å². The van der Waals surface area contributed by atoms with E-state index in [0.29, 0.717) is 19.5 Å². The van der Waals surface area contributed by atoms with Crippen LogP contribution in [-0.2, 0) is 10.0 Å². The van der Waals surface area contributed by atoms with Crippen LogP contribution in [0.4, 0.5) is 5.00 Å². The van der Waals surface area contributed by atoms with Gasteiger partial charge in [-0.2, -0.15) is 0 Å². The van der Waals surface area contributed by atoms with Crippen molar-refractivity contribution in [3.05, 3.63) is 17.5 Å². The van der Waals surface area contributed by atoms with Crippen LogP contribution in [-0.4, -0.2) is 70.8 Å². The molecule has 1 aliphatic rings. The highest BCUT2D eigenvalue weighted by Crippen LogP contribution is 2.22. The lowest BCUT2D eigenvalue weighted by Crippen LogP contribution is -2.52. The Morgan fingerprint density at radius 3 is 2.58 bits per heavy atom. The van der Waals surface area contributed by atoms with Gasteiger partial charge in [0.05, 0.1) is 10.8 Å². The zero-order chi connectivity index (χ0) is 18.1. The number of hydrogen-bond donors (Lipinski definition) is 2.